The second-order valence-corrected chi connectivity index (χ2v) is 12.5. The van der Waals surface area contributed by atoms with E-state index in [1.165, 1.54) is 7.11 Å². The highest BCUT2D eigenvalue weighted by atomic mass is 28.4. The molecular formula is C19H31NO5Si. The van der Waals surface area contributed by atoms with Crippen molar-refractivity contribution in [3.8, 4) is 0 Å². The first-order valence-corrected chi connectivity index (χ1v) is 11.7. The van der Waals surface area contributed by atoms with E-state index in [0.717, 1.165) is 5.56 Å². The maximum absolute atomic E-state index is 12.0. The van der Waals surface area contributed by atoms with Crippen LogP contribution in [0.25, 0.3) is 0 Å². The summed E-state index contributed by atoms with van der Waals surface area (Å²) in [5, 5.41) is 2.64. The number of rotatable bonds is 8. The van der Waals surface area contributed by atoms with E-state index in [4.69, 9.17) is 13.9 Å². The third kappa shape index (κ3) is 7.17. The first-order valence-electron chi connectivity index (χ1n) is 8.76. The SMILES string of the molecule is COC(=O)[C@H](CCO[Si](C)(C)C(C)(C)C)NC(=O)OCc1ccccc1. The molecule has 0 unspecified atom stereocenters. The second kappa shape index (κ2) is 9.73. The number of hydrogen-bond acceptors (Lipinski definition) is 5. The van der Waals surface area contributed by atoms with E-state index in [1.807, 2.05) is 30.3 Å². The van der Waals surface area contributed by atoms with Gasteiger partial charge >= 0.3 is 12.1 Å². The van der Waals surface area contributed by atoms with Crippen molar-refractivity contribution in [2.75, 3.05) is 13.7 Å². The highest BCUT2D eigenvalue weighted by Crippen LogP contribution is 2.36. The molecule has 0 saturated carbocycles. The number of ether oxygens (including phenoxy) is 2. The summed E-state index contributed by atoms with van der Waals surface area (Å²) in [5.41, 5.74) is 0.874. The van der Waals surface area contributed by atoms with Gasteiger partial charge in [-0.05, 0) is 23.7 Å². The molecule has 146 valence electrons. The molecule has 0 spiro atoms. The van der Waals surface area contributed by atoms with Crippen LogP contribution in [0.1, 0.15) is 32.8 Å². The molecule has 1 aromatic carbocycles. The number of amides is 1. The normalized spacial score (nSPS) is 13.0. The van der Waals surface area contributed by atoms with Crippen molar-refractivity contribution in [1.29, 1.82) is 0 Å². The van der Waals surface area contributed by atoms with E-state index in [9.17, 15) is 9.59 Å². The molecule has 0 aromatic heterocycles. The Kier molecular flexibility index (Phi) is 8.30. The van der Waals surface area contributed by atoms with Crippen LogP contribution in [0.4, 0.5) is 4.79 Å². The lowest BCUT2D eigenvalue weighted by Gasteiger charge is -2.36. The summed E-state index contributed by atoms with van der Waals surface area (Å²) in [6.45, 7) is 11.2. The Hall–Kier alpha value is -1.86. The van der Waals surface area contributed by atoms with Crippen LogP contribution >= 0.6 is 0 Å². The minimum atomic E-state index is -1.91. The van der Waals surface area contributed by atoms with Crippen molar-refractivity contribution in [3.05, 3.63) is 35.9 Å². The standard InChI is InChI=1S/C19H31NO5Si/c1-19(2,3)26(5,6)25-13-12-16(17(21)23-4)20-18(22)24-14-15-10-8-7-9-11-15/h7-11,16H,12-14H2,1-6H3,(H,20,22)/t16-/m0/s1. The zero-order chi connectivity index (χ0) is 19.8. The van der Waals surface area contributed by atoms with Crippen molar-refractivity contribution in [3.63, 3.8) is 0 Å². The molecule has 1 aromatic rings. The van der Waals surface area contributed by atoms with Gasteiger partial charge in [0.15, 0.2) is 8.32 Å². The van der Waals surface area contributed by atoms with Gasteiger partial charge in [-0.2, -0.15) is 0 Å². The van der Waals surface area contributed by atoms with E-state index in [0.29, 0.717) is 13.0 Å². The Labute approximate surface area is 157 Å². The molecule has 0 heterocycles. The predicted octanol–water partition coefficient (Wildman–Crippen LogP) is 3.87. The largest absolute Gasteiger partial charge is 0.467 e. The minimum absolute atomic E-state index is 0.0792. The van der Waals surface area contributed by atoms with Crippen molar-refractivity contribution >= 4 is 20.4 Å². The highest BCUT2D eigenvalue weighted by Gasteiger charge is 2.37. The lowest BCUT2D eigenvalue weighted by molar-refractivity contribution is -0.143. The fraction of sp³-hybridized carbons (Fsp3) is 0.579. The maximum Gasteiger partial charge on any atom is 0.408 e. The van der Waals surface area contributed by atoms with Gasteiger partial charge in [0.1, 0.15) is 12.6 Å². The van der Waals surface area contributed by atoms with Crippen molar-refractivity contribution < 1.29 is 23.5 Å². The van der Waals surface area contributed by atoms with E-state index < -0.39 is 26.4 Å². The molecule has 0 aliphatic heterocycles. The highest BCUT2D eigenvalue weighted by molar-refractivity contribution is 6.74. The molecule has 0 bridgehead atoms. The molecule has 0 aliphatic carbocycles. The maximum atomic E-state index is 12.0. The molecule has 1 rings (SSSR count). The zero-order valence-electron chi connectivity index (χ0n) is 16.6. The number of benzene rings is 1. The summed E-state index contributed by atoms with van der Waals surface area (Å²) in [7, 11) is -0.619. The monoisotopic (exact) mass is 381 g/mol. The van der Waals surface area contributed by atoms with Gasteiger partial charge in [0.2, 0.25) is 0 Å². The number of carbonyl (C=O) groups excluding carboxylic acids is 2. The summed E-state index contributed by atoms with van der Waals surface area (Å²) in [6.07, 6.45) is -0.323. The van der Waals surface area contributed by atoms with Crippen LogP contribution in [-0.4, -0.2) is 40.1 Å². The third-order valence-electron chi connectivity index (χ3n) is 4.67. The lowest BCUT2D eigenvalue weighted by atomic mass is 10.2. The number of hydrogen-bond donors (Lipinski definition) is 1. The molecule has 1 N–H and O–H groups in total. The Balaban J connectivity index is 2.53. The van der Waals surface area contributed by atoms with Crippen molar-refractivity contribution in [2.24, 2.45) is 0 Å². The van der Waals surface area contributed by atoms with Gasteiger partial charge in [-0.25, -0.2) is 9.59 Å². The first-order chi connectivity index (χ1) is 12.1. The number of nitrogens with one attached hydrogen (secondary N) is 1. The summed E-state index contributed by atoms with van der Waals surface area (Å²) >= 11 is 0. The predicted molar refractivity (Wildman–Crippen MR) is 103 cm³/mol. The van der Waals surface area contributed by atoms with Gasteiger partial charge in [-0.15, -0.1) is 0 Å². The van der Waals surface area contributed by atoms with Gasteiger partial charge in [0.05, 0.1) is 7.11 Å². The summed E-state index contributed by atoms with van der Waals surface area (Å²) < 4.78 is 16.0. The van der Waals surface area contributed by atoms with Crippen molar-refractivity contribution in [2.45, 2.75) is 58.0 Å². The van der Waals surface area contributed by atoms with Crippen LogP contribution in [0.5, 0.6) is 0 Å². The Morgan fingerprint density at radius 3 is 2.31 bits per heavy atom. The second-order valence-electron chi connectivity index (χ2n) is 7.68. The first kappa shape index (κ1) is 22.2. The lowest BCUT2D eigenvalue weighted by Crippen LogP contribution is -2.45. The van der Waals surface area contributed by atoms with Crippen LogP contribution in [0, 0.1) is 0 Å². The molecule has 1 amide bonds. The van der Waals surface area contributed by atoms with E-state index in [2.05, 4.69) is 39.2 Å². The molecule has 0 radical (unpaired) electrons. The van der Waals surface area contributed by atoms with Crippen LogP contribution in [0.3, 0.4) is 0 Å². The smallest absolute Gasteiger partial charge is 0.408 e. The zero-order valence-corrected chi connectivity index (χ0v) is 17.6. The van der Waals surface area contributed by atoms with Gasteiger partial charge < -0.3 is 19.2 Å². The van der Waals surface area contributed by atoms with E-state index in [-0.39, 0.29) is 11.6 Å². The fourth-order valence-electron chi connectivity index (χ4n) is 1.95. The quantitative estimate of drug-likeness (QED) is 0.547. The molecule has 0 aliphatic rings. The molecule has 26 heavy (non-hydrogen) atoms. The number of alkyl carbamates (subject to hydrolysis) is 1. The molecule has 0 fully saturated rings. The average molecular weight is 382 g/mol. The van der Waals surface area contributed by atoms with Gasteiger partial charge in [-0.1, -0.05) is 51.1 Å². The Morgan fingerprint density at radius 1 is 1.15 bits per heavy atom. The van der Waals surface area contributed by atoms with E-state index in [1.54, 1.807) is 0 Å². The Morgan fingerprint density at radius 2 is 1.77 bits per heavy atom. The molecular weight excluding hydrogens is 350 g/mol. The van der Waals surface area contributed by atoms with E-state index >= 15 is 0 Å². The van der Waals surface area contributed by atoms with Gasteiger partial charge in [-0.3, -0.25) is 0 Å². The Bertz CT molecular complexity index is 583. The summed E-state index contributed by atoms with van der Waals surface area (Å²) in [6, 6.07) is 8.54. The van der Waals surface area contributed by atoms with Crippen molar-refractivity contribution in [1.82, 2.24) is 5.32 Å². The minimum Gasteiger partial charge on any atom is -0.467 e. The number of esters is 1. The van der Waals surface area contributed by atoms with Crippen LogP contribution in [0.15, 0.2) is 30.3 Å². The van der Waals surface area contributed by atoms with Gasteiger partial charge in [0.25, 0.3) is 0 Å². The van der Waals surface area contributed by atoms with Crippen LogP contribution in [-0.2, 0) is 25.3 Å². The topological polar surface area (TPSA) is 73.9 Å². The van der Waals surface area contributed by atoms with Gasteiger partial charge in [0, 0.05) is 13.0 Å². The van der Waals surface area contributed by atoms with Crippen LogP contribution in [0.2, 0.25) is 18.1 Å². The summed E-state index contributed by atoms with van der Waals surface area (Å²) in [5.74, 6) is -0.513. The number of methoxy groups -OCH3 is 1. The average Bonchev–Trinajstić information content (AvgIpc) is 2.58. The fourth-order valence-corrected chi connectivity index (χ4v) is 3.01. The summed E-state index contributed by atoms with van der Waals surface area (Å²) in [4.78, 5) is 23.9. The molecule has 1 atom stereocenters. The third-order valence-corrected chi connectivity index (χ3v) is 9.20. The number of carbonyl (C=O) groups is 2. The van der Waals surface area contributed by atoms with Crippen LogP contribution < -0.4 is 5.32 Å². The molecule has 7 heteroatoms. The molecule has 6 nitrogen and oxygen atoms in total. The molecule has 0 saturated heterocycles.